The number of ether oxygens (including phenoxy) is 2. The number of sulfone groups is 1. The van der Waals surface area contributed by atoms with Crippen molar-refractivity contribution >= 4 is 27.7 Å². The molecule has 0 N–H and O–H groups in total. The summed E-state index contributed by atoms with van der Waals surface area (Å²) in [4.78, 5) is 10.9. The third-order valence-corrected chi connectivity index (χ3v) is 4.28. The summed E-state index contributed by atoms with van der Waals surface area (Å²) in [5.41, 5.74) is 0.447. The van der Waals surface area contributed by atoms with E-state index in [1.807, 2.05) is 0 Å². The monoisotopic (exact) mass is 340 g/mol. The first-order valence-corrected chi connectivity index (χ1v) is 8.43. The molecule has 0 aromatic heterocycles. The number of methoxy groups -OCH3 is 1. The molecule has 0 saturated heterocycles. The lowest BCUT2D eigenvalue weighted by Gasteiger charge is -2.12. The highest BCUT2D eigenvalue weighted by molar-refractivity contribution is 7.90. The Kier molecular flexibility index (Phi) is 4.73. The fraction of sp³-hybridized carbons (Fsp3) is 0.133. The molecule has 0 radical (unpaired) electrons. The zero-order valence-electron chi connectivity index (χ0n) is 11.9. The summed E-state index contributed by atoms with van der Waals surface area (Å²) in [6, 6.07) is 8.86. The number of aldehydes is 1. The second-order valence-corrected chi connectivity index (χ2v) is 6.92. The number of carbonyl (C=O) groups excluding carboxylic acids is 1. The molecule has 116 valence electrons. The van der Waals surface area contributed by atoms with E-state index in [-0.39, 0.29) is 15.7 Å². The van der Waals surface area contributed by atoms with Crippen LogP contribution in [0.25, 0.3) is 0 Å². The molecule has 0 aliphatic rings. The molecular weight excluding hydrogens is 328 g/mol. The highest BCUT2D eigenvalue weighted by Crippen LogP contribution is 2.36. The Balaban J connectivity index is 2.37. The SMILES string of the molecule is COc1cc(C=O)ccc1Oc1ccc(S(C)(=O)=O)cc1Cl. The van der Waals surface area contributed by atoms with E-state index >= 15 is 0 Å². The van der Waals surface area contributed by atoms with E-state index in [1.165, 1.54) is 31.4 Å². The minimum atomic E-state index is -3.34. The molecule has 0 aliphatic heterocycles. The molecule has 0 amide bonds. The number of carbonyl (C=O) groups is 1. The summed E-state index contributed by atoms with van der Waals surface area (Å²) in [6.07, 6.45) is 1.79. The van der Waals surface area contributed by atoms with Crippen LogP contribution in [0.4, 0.5) is 0 Å². The van der Waals surface area contributed by atoms with Crippen molar-refractivity contribution in [3.63, 3.8) is 0 Å². The quantitative estimate of drug-likeness (QED) is 0.780. The van der Waals surface area contributed by atoms with Crippen LogP contribution >= 0.6 is 11.6 Å². The molecular formula is C15H13ClO5S. The zero-order chi connectivity index (χ0) is 16.3. The molecule has 2 rings (SSSR count). The van der Waals surface area contributed by atoms with Gasteiger partial charge in [-0.3, -0.25) is 4.79 Å². The zero-order valence-corrected chi connectivity index (χ0v) is 13.4. The number of benzene rings is 2. The summed E-state index contributed by atoms with van der Waals surface area (Å²) >= 11 is 6.05. The Morgan fingerprint density at radius 3 is 2.27 bits per heavy atom. The van der Waals surface area contributed by atoms with Crippen molar-refractivity contribution in [3.05, 3.63) is 47.0 Å². The Labute approximate surface area is 133 Å². The lowest BCUT2D eigenvalue weighted by Crippen LogP contribution is -1.97. The van der Waals surface area contributed by atoms with Crippen LogP contribution in [0, 0.1) is 0 Å². The number of rotatable bonds is 5. The van der Waals surface area contributed by atoms with Crippen molar-refractivity contribution in [2.75, 3.05) is 13.4 Å². The minimum absolute atomic E-state index is 0.105. The van der Waals surface area contributed by atoms with Gasteiger partial charge in [0.05, 0.1) is 17.0 Å². The van der Waals surface area contributed by atoms with Gasteiger partial charge in [0.1, 0.15) is 12.0 Å². The van der Waals surface area contributed by atoms with Gasteiger partial charge in [-0.2, -0.15) is 0 Å². The van der Waals surface area contributed by atoms with Crippen molar-refractivity contribution in [3.8, 4) is 17.2 Å². The van der Waals surface area contributed by atoms with E-state index in [0.29, 0.717) is 23.3 Å². The third-order valence-electron chi connectivity index (χ3n) is 2.88. The van der Waals surface area contributed by atoms with Crippen molar-refractivity contribution in [1.29, 1.82) is 0 Å². The molecule has 0 atom stereocenters. The van der Waals surface area contributed by atoms with Crippen molar-refractivity contribution in [2.45, 2.75) is 4.90 Å². The Morgan fingerprint density at radius 2 is 1.73 bits per heavy atom. The Hall–Kier alpha value is -2.05. The summed E-state index contributed by atoms with van der Waals surface area (Å²) in [5, 5.41) is 0.157. The molecule has 0 spiro atoms. The molecule has 2 aromatic carbocycles. The maximum absolute atomic E-state index is 11.5. The molecule has 0 heterocycles. The first-order chi connectivity index (χ1) is 10.3. The van der Waals surface area contributed by atoms with Gasteiger partial charge in [0, 0.05) is 11.8 Å². The standard InChI is InChI=1S/C15H13ClO5S/c1-20-15-7-10(9-17)3-5-14(15)21-13-6-4-11(8-12(13)16)22(2,18)19/h3-9H,1-2H3. The summed E-state index contributed by atoms with van der Waals surface area (Å²) in [5.74, 6) is 1.01. The molecule has 0 unspecified atom stereocenters. The molecule has 0 bridgehead atoms. The largest absolute Gasteiger partial charge is 0.493 e. The number of hydrogen-bond donors (Lipinski definition) is 0. The minimum Gasteiger partial charge on any atom is -0.493 e. The molecule has 0 saturated carbocycles. The predicted molar refractivity (Wildman–Crippen MR) is 83.0 cm³/mol. The van der Waals surface area contributed by atoms with E-state index in [1.54, 1.807) is 12.1 Å². The van der Waals surface area contributed by atoms with E-state index in [0.717, 1.165) is 6.26 Å². The van der Waals surface area contributed by atoms with E-state index in [2.05, 4.69) is 0 Å². The average molecular weight is 341 g/mol. The smallest absolute Gasteiger partial charge is 0.175 e. The lowest BCUT2D eigenvalue weighted by molar-refractivity contribution is 0.112. The molecule has 0 aliphatic carbocycles. The molecule has 7 heteroatoms. The molecule has 5 nitrogen and oxygen atoms in total. The van der Waals surface area contributed by atoms with Crippen LogP contribution in [-0.4, -0.2) is 28.1 Å². The van der Waals surface area contributed by atoms with Gasteiger partial charge in [-0.15, -0.1) is 0 Å². The summed E-state index contributed by atoms with van der Waals surface area (Å²) < 4.78 is 33.7. The predicted octanol–water partition coefficient (Wildman–Crippen LogP) is 3.36. The highest BCUT2D eigenvalue weighted by Gasteiger charge is 2.13. The second kappa shape index (κ2) is 6.37. The van der Waals surface area contributed by atoms with Gasteiger partial charge in [-0.25, -0.2) is 8.42 Å². The average Bonchev–Trinajstić information content (AvgIpc) is 2.48. The topological polar surface area (TPSA) is 69.7 Å². The van der Waals surface area contributed by atoms with Gasteiger partial charge >= 0.3 is 0 Å². The van der Waals surface area contributed by atoms with Crippen LogP contribution in [0.2, 0.25) is 5.02 Å². The maximum Gasteiger partial charge on any atom is 0.175 e. The van der Waals surface area contributed by atoms with Crippen LogP contribution in [-0.2, 0) is 9.84 Å². The normalized spacial score (nSPS) is 11.0. The Bertz CT molecular complexity index is 815. The fourth-order valence-corrected chi connectivity index (χ4v) is 2.69. The first-order valence-electron chi connectivity index (χ1n) is 6.16. The van der Waals surface area contributed by atoms with Crippen molar-refractivity contribution in [2.24, 2.45) is 0 Å². The van der Waals surface area contributed by atoms with Crippen LogP contribution in [0.5, 0.6) is 17.2 Å². The summed E-state index contributed by atoms with van der Waals surface area (Å²) in [6.45, 7) is 0. The van der Waals surface area contributed by atoms with Gasteiger partial charge in [0.25, 0.3) is 0 Å². The Morgan fingerprint density at radius 1 is 1.05 bits per heavy atom. The molecule has 22 heavy (non-hydrogen) atoms. The fourth-order valence-electron chi connectivity index (χ4n) is 1.76. The van der Waals surface area contributed by atoms with Gasteiger partial charge in [-0.05, 0) is 36.4 Å². The summed E-state index contributed by atoms with van der Waals surface area (Å²) in [7, 11) is -1.89. The van der Waals surface area contributed by atoms with Crippen molar-refractivity contribution in [1.82, 2.24) is 0 Å². The van der Waals surface area contributed by atoms with Gasteiger partial charge < -0.3 is 9.47 Å². The first kappa shape index (κ1) is 16.3. The van der Waals surface area contributed by atoms with Gasteiger partial charge in [-0.1, -0.05) is 11.6 Å². The maximum atomic E-state index is 11.5. The van der Waals surface area contributed by atoms with E-state index in [4.69, 9.17) is 21.1 Å². The lowest BCUT2D eigenvalue weighted by atomic mass is 10.2. The van der Waals surface area contributed by atoms with E-state index < -0.39 is 9.84 Å². The highest BCUT2D eigenvalue weighted by atomic mass is 35.5. The second-order valence-electron chi connectivity index (χ2n) is 4.49. The van der Waals surface area contributed by atoms with Gasteiger partial charge in [0.2, 0.25) is 0 Å². The van der Waals surface area contributed by atoms with Crippen molar-refractivity contribution < 1.29 is 22.7 Å². The van der Waals surface area contributed by atoms with E-state index in [9.17, 15) is 13.2 Å². The van der Waals surface area contributed by atoms with Crippen LogP contribution in [0.3, 0.4) is 0 Å². The van der Waals surface area contributed by atoms with Crippen LogP contribution in [0.15, 0.2) is 41.3 Å². The number of halogens is 1. The van der Waals surface area contributed by atoms with Gasteiger partial charge in [0.15, 0.2) is 21.3 Å². The molecule has 2 aromatic rings. The molecule has 0 fully saturated rings. The third kappa shape index (κ3) is 3.58. The van der Waals surface area contributed by atoms with Crippen LogP contribution < -0.4 is 9.47 Å². The number of hydrogen-bond acceptors (Lipinski definition) is 5. The van der Waals surface area contributed by atoms with Crippen LogP contribution in [0.1, 0.15) is 10.4 Å².